The van der Waals surface area contributed by atoms with E-state index in [4.69, 9.17) is 5.11 Å². The summed E-state index contributed by atoms with van der Waals surface area (Å²) in [6.45, 7) is 3.85. The molecule has 0 bridgehead atoms. The second kappa shape index (κ2) is 5.43. The molecule has 5 heteroatoms. The van der Waals surface area contributed by atoms with Crippen molar-refractivity contribution in [1.82, 2.24) is 4.72 Å². The summed E-state index contributed by atoms with van der Waals surface area (Å²) in [7, 11) is -3.45. The molecule has 0 unspecified atom stereocenters. The van der Waals surface area contributed by atoms with E-state index in [1.807, 2.05) is 13.0 Å². The van der Waals surface area contributed by atoms with Crippen LogP contribution in [0.25, 0.3) is 0 Å². The largest absolute Gasteiger partial charge is 0.396 e. The first-order valence-electron chi connectivity index (χ1n) is 5.15. The Labute approximate surface area is 96.4 Å². The third-order valence-electron chi connectivity index (χ3n) is 2.26. The van der Waals surface area contributed by atoms with Gasteiger partial charge in [0, 0.05) is 13.2 Å². The van der Waals surface area contributed by atoms with Gasteiger partial charge in [-0.2, -0.15) is 0 Å². The van der Waals surface area contributed by atoms with E-state index < -0.39 is 10.0 Å². The van der Waals surface area contributed by atoms with Gasteiger partial charge >= 0.3 is 0 Å². The summed E-state index contributed by atoms with van der Waals surface area (Å²) in [4.78, 5) is 0.311. The van der Waals surface area contributed by atoms with Crippen molar-refractivity contribution in [3.8, 4) is 0 Å². The lowest BCUT2D eigenvalue weighted by atomic mass is 10.2. The van der Waals surface area contributed by atoms with Crippen molar-refractivity contribution in [2.24, 2.45) is 0 Å². The van der Waals surface area contributed by atoms with E-state index >= 15 is 0 Å². The Morgan fingerprint density at radius 2 is 2.00 bits per heavy atom. The van der Waals surface area contributed by atoms with Gasteiger partial charge in [-0.1, -0.05) is 12.1 Å². The molecule has 1 aromatic rings. The zero-order valence-electron chi connectivity index (χ0n) is 9.53. The van der Waals surface area contributed by atoms with Gasteiger partial charge in [-0.25, -0.2) is 13.1 Å². The molecular formula is C11H17NO3S. The first kappa shape index (κ1) is 13.2. The van der Waals surface area contributed by atoms with Gasteiger partial charge < -0.3 is 5.11 Å². The third-order valence-corrected chi connectivity index (χ3v) is 3.86. The molecule has 0 atom stereocenters. The maximum Gasteiger partial charge on any atom is 0.240 e. The summed E-state index contributed by atoms with van der Waals surface area (Å²) < 4.78 is 26.2. The molecule has 0 heterocycles. The second-order valence-corrected chi connectivity index (χ2v) is 5.48. The van der Waals surface area contributed by atoms with Crippen LogP contribution in [0.1, 0.15) is 17.5 Å². The molecule has 0 radical (unpaired) electrons. The smallest absolute Gasteiger partial charge is 0.240 e. The first-order valence-corrected chi connectivity index (χ1v) is 6.63. The van der Waals surface area contributed by atoms with E-state index in [0.717, 1.165) is 11.1 Å². The Balaban J connectivity index is 2.93. The number of sulfonamides is 1. The minimum absolute atomic E-state index is 0.0185. The predicted molar refractivity (Wildman–Crippen MR) is 62.8 cm³/mol. The van der Waals surface area contributed by atoms with E-state index in [0.29, 0.717) is 11.3 Å². The van der Waals surface area contributed by atoms with Crippen LogP contribution in [-0.2, 0) is 10.0 Å². The molecule has 0 aromatic heterocycles. The predicted octanol–water partition coefficient (Wildman–Crippen LogP) is 0.964. The molecule has 0 fully saturated rings. The summed E-state index contributed by atoms with van der Waals surface area (Å²) in [6, 6.07) is 5.31. The van der Waals surface area contributed by atoms with E-state index in [9.17, 15) is 8.42 Å². The van der Waals surface area contributed by atoms with E-state index in [2.05, 4.69) is 4.72 Å². The van der Waals surface area contributed by atoms with Gasteiger partial charge in [0.1, 0.15) is 0 Å². The number of aliphatic hydroxyl groups excluding tert-OH is 1. The van der Waals surface area contributed by atoms with Crippen molar-refractivity contribution >= 4 is 10.0 Å². The Morgan fingerprint density at radius 1 is 1.31 bits per heavy atom. The molecule has 0 spiro atoms. The van der Waals surface area contributed by atoms with Crippen LogP contribution >= 0.6 is 0 Å². The fraction of sp³-hybridized carbons (Fsp3) is 0.455. The van der Waals surface area contributed by atoms with Crippen LogP contribution in [0.2, 0.25) is 0 Å². The topological polar surface area (TPSA) is 66.4 Å². The van der Waals surface area contributed by atoms with Crippen LogP contribution in [0, 0.1) is 13.8 Å². The molecule has 0 aliphatic heterocycles. The quantitative estimate of drug-likeness (QED) is 0.757. The molecule has 16 heavy (non-hydrogen) atoms. The Kier molecular flexibility index (Phi) is 4.46. The van der Waals surface area contributed by atoms with Gasteiger partial charge in [-0.3, -0.25) is 0 Å². The monoisotopic (exact) mass is 243 g/mol. The van der Waals surface area contributed by atoms with Crippen LogP contribution < -0.4 is 4.72 Å². The summed E-state index contributed by atoms with van der Waals surface area (Å²) in [5.41, 5.74) is 1.63. The van der Waals surface area contributed by atoms with E-state index in [1.165, 1.54) is 0 Å². The van der Waals surface area contributed by atoms with Crippen LogP contribution in [0.3, 0.4) is 0 Å². The number of nitrogens with one attached hydrogen (secondary N) is 1. The summed E-state index contributed by atoms with van der Waals surface area (Å²) in [5.74, 6) is 0. The summed E-state index contributed by atoms with van der Waals surface area (Å²) >= 11 is 0. The maximum absolute atomic E-state index is 11.9. The highest BCUT2D eigenvalue weighted by atomic mass is 32.2. The lowest BCUT2D eigenvalue weighted by Gasteiger charge is -2.09. The Morgan fingerprint density at radius 3 is 2.62 bits per heavy atom. The minimum atomic E-state index is -3.45. The molecular weight excluding hydrogens is 226 g/mol. The highest BCUT2D eigenvalue weighted by Crippen LogP contribution is 2.16. The van der Waals surface area contributed by atoms with E-state index in [-0.39, 0.29) is 13.2 Å². The molecule has 4 nitrogen and oxygen atoms in total. The number of rotatable bonds is 5. The van der Waals surface area contributed by atoms with Crippen molar-refractivity contribution in [3.63, 3.8) is 0 Å². The van der Waals surface area contributed by atoms with E-state index in [1.54, 1.807) is 19.1 Å². The number of aliphatic hydroxyl groups is 1. The average molecular weight is 243 g/mol. The van der Waals surface area contributed by atoms with Gasteiger partial charge in [0.05, 0.1) is 4.90 Å². The van der Waals surface area contributed by atoms with Crippen LogP contribution in [-0.4, -0.2) is 26.7 Å². The SMILES string of the molecule is Cc1ccc(C)c(S(=O)(=O)NCCCO)c1. The van der Waals surface area contributed by atoms with Crippen molar-refractivity contribution < 1.29 is 13.5 Å². The lowest BCUT2D eigenvalue weighted by molar-refractivity contribution is 0.289. The second-order valence-electron chi connectivity index (χ2n) is 3.74. The van der Waals surface area contributed by atoms with Gasteiger partial charge in [0.2, 0.25) is 10.0 Å². The highest BCUT2D eigenvalue weighted by Gasteiger charge is 2.15. The molecule has 0 aliphatic carbocycles. The number of benzene rings is 1. The molecule has 1 rings (SSSR count). The molecule has 2 N–H and O–H groups in total. The number of hydrogen-bond acceptors (Lipinski definition) is 3. The summed E-state index contributed by atoms with van der Waals surface area (Å²) in [5, 5.41) is 8.60. The molecule has 0 aliphatic rings. The maximum atomic E-state index is 11.9. The fourth-order valence-electron chi connectivity index (χ4n) is 1.36. The van der Waals surface area contributed by atoms with Gasteiger partial charge in [0.25, 0.3) is 0 Å². The third kappa shape index (κ3) is 3.30. The normalized spacial score (nSPS) is 11.7. The zero-order valence-corrected chi connectivity index (χ0v) is 10.3. The van der Waals surface area contributed by atoms with Gasteiger partial charge in [-0.15, -0.1) is 0 Å². The zero-order chi connectivity index (χ0) is 12.2. The number of hydrogen-bond donors (Lipinski definition) is 2. The van der Waals surface area contributed by atoms with Gasteiger partial charge in [-0.05, 0) is 37.5 Å². The van der Waals surface area contributed by atoms with Crippen molar-refractivity contribution in [3.05, 3.63) is 29.3 Å². The number of aryl methyl sites for hydroxylation is 2. The lowest BCUT2D eigenvalue weighted by Crippen LogP contribution is -2.26. The minimum Gasteiger partial charge on any atom is -0.396 e. The van der Waals surface area contributed by atoms with Crippen LogP contribution in [0.4, 0.5) is 0 Å². The molecule has 0 saturated carbocycles. The first-order chi connectivity index (χ1) is 7.47. The van der Waals surface area contributed by atoms with Crippen molar-refractivity contribution in [2.75, 3.05) is 13.2 Å². The van der Waals surface area contributed by atoms with Crippen molar-refractivity contribution in [2.45, 2.75) is 25.2 Å². The Hall–Kier alpha value is -0.910. The van der Waals surface area contributed by atoms with Crippen LogP contribution in [0.5, 0.6) is 0 Å². The molecule has 0 saturated heterocycles. The van der Waals surface area contributed by atoms with Crippen molar-refractivity contribution in [1.29, 1.82) is 0 Å². The molecule has 0 amide bonds. The van der Waals surface area contributed by atoms with Crippen LogP contribution in [0.15, 0.2) is 23.1 Å². The fourth-order valence-corrected chi connectivity index (χ4v) is 2.76. The summed E-state index contributed by atoms with van der Waals surface area (Å²) in [6.07, 6.45) is 0.421. The average Bonchev–Trinajstić information content (AvgIpc) is 2.22. The molecule has 90 valence electrons. The highest BCUT2D eigenvalue weighted by molar-refractivity contribution is 7.89. The standard InChI is InChI=1S/C11H17NO3S/c1-9-4-5-10(2)11(8-9)16(14,15)12-6-3-7-13/h4-5,8,12-13H,3,6-7H2,1-2H3. The molecule has 1 aromatic carbocycles. The van der Waals surface area contributed by atoms with Gasteiger partial charge in [0.15, 0.2) is 0 Å². The Bertz CT molecular complexity index is 454.